The summed E-state index contributed by atoms with van der Waals surface area (Å²) >= 11 is 5.92. The van der Waals surface area contributed by atoms with Gasteiger partial charge in [-0.25, -0.2) is 9.97 Å². The first-order valence-corrected chi connectivity index (χ1v) is 6.32. The molecule has 0 aliphatic heterocycles. The van der Waals surface area contributed by atoms with Crippen LogP contribution in [0, 0.1) is 0 Å². The fourth-order valence-corrected chi connectivity index (χ4v) is 1.89. The second-order valence-corrected chi connectivity index (χ2v) is 4.24. The molecule has 1 heterocycles. The molecule has 0 bridgehead atoms. The van der Waals surface area contributed by atoms with Gasteiger partial charge >= 0.3 is 0 Å². The van der Waals surface area contributed by atoms with Crippen LogP contribution in [0.15, 0.2) is 30.6 Å². The van der Waals surface area contributed by atoms with E-state index in [1.807, 2.05) is 18.2 Å². The molecule has 104 valence electrons. The molecule has 20 heavy (non-hydrogen) atoms. The maximum Gasteiger partial charge on any atom is 0.155 e. The summed E-state index contributed by atoms with van der Waals surface area (Å²) in [5, 5.41) is 0.122. The Kier molecular flexibility index (Phi) is 5.03. The first-order chi connectivity index (χ1) is 9.77. The van der Waals surface area contributed by atoms with Crippen LogP contribution in [-0.4, -0.2) is 36.6 Å². The fourth-order valence-electron chi connectivity index (χ4n) is 1.72. The first kappa shape index (κ1) is 14.4. The van der Waals surface area contributed by atoms with Crippen LogP contribution in [0.2, 0.25) is 5.15 Å². The van der Waals surface area contributed by atoms with Crippen LogP contribution in [-0.2, 0) is 4.74 Å². The Bertz CT molecular complexity index is 605. The zero-order valence-corrected chi connectivity index (χ0v) is 11.6. The number of nitrogens with zero attached hydrogens (tertiary/aromatic N) is 2. The molecule has 0 aliphatic rings. The van der Waals surface area contributed by atoms with Crippen molar-refractivity contribution in [1.29, 1.82) is 0 Å². The minimum atomic E-state index is 0.122. The van der Waals surface area contributed by atoms with Gasteiger partial charge in [0.25, 0.3) is 0 Å². The summed E-state index contributed by atoms with van der Waals surface area (Å²) in [6, 6.07) is 7.29. The highest BCUT2D eigenvalue weighted by molar-refractivity contribution is 6.32. The Balaban J connectivity index is 2.42. The molecule has 0 atom stereocenters. The molecule has 0 unspecified atom stereocenters. The number of aldehydes is 1. The highest BCUT2D eigenvalue weighted by atomic mass is 35.5. The zero-order chi connectivity index (χ0) is 14.4. The third-order valence-electron chi connectivity index (χ3n) is 2.64. The Hall–Kier alpha value is -1.98. The largest absolute Gasteiger partial charge is 0.490 e. The SMILES string of the molecule is COCCOc1ccccc1-c1ncnc(Cl)c1C=O. The van der Waals surface area contributed by atoms with Crippen molar-refractivity contribution in [3.8, 4) is 17.0 Å². The third kappa shape index (κ3) is 3.12. The third-order valence-corrected chi connectivity index (χ3v) is 2.94. The van der Waals surface area contributed by atoms with E-state index in [0.717, 1.165) is 0 Å². The van der Waals surface area contributed by atoms with E-state index in [1.165, 1.54) is 6.33 Å². The van der Waals surface area contributed by atoms with Crippen LogP contribution >= 0.6 is 11.6 Å². The van der Waals surface area contributed by atoms with Gasteiger partial charge in [-0.05, 0) is 12.1 Å². The lowest BCUT2D eigenvalue weighted by Crippen LogP contribution is -2.06. The molecule has 0 saturated heterocycles. The Morgan fingerprint density at radius 1 is 1.25 bits per heavy atom. The first-order valence-electron chi connectivity index (χ1n) is 5.94. The smallest absolute Gasteiger partial charge is 0.155 e. The van der Waals surface area contributed by atoms with Gasteiger partial charge in [0.1, 0.15) is 23.8 Å². The minimum absolute atomic E-state index is 0.122. The number of para-hydroxylation sites is 1. The zero-order valence-electron chi connectivity index (χ0n) is 10.9. The van der Waals surface area contributed by atoms with Gasteiger partial charge in [0.2, 0.25) is 0 Å². The van der Waals surface area contributed by atoms with E-state index >= 15 is 0 Å². The quantitative estimate of drug-likeness (QED) is 0.465. The second kappa shape index (κ2) is 6.98. The van der Waals surface area contributed by atoms with Gasteiger partial charge in [0.15, 0.2) is 6.29 Å². The van der Waals surface area contributed by atoms with Crippen LogP contribution in [0.5, 0.6) is 5.75 Å². The van der Waals surface area contributed by atoms with E-state index in [4.69, 9.17) is 21.1 Å². The molecule has 0 N–H and O–H groups in total. The number of carbonyl (C=O) groups excluding carboxylic acids is 1. The minimum Gasteiger partial charge on any atom is -0.490 e. The number of hydrogen-bond donors (Lipinski definition) is 0. The summed E-state index contributed by atoms with van der Waals surface area (Å²) in [6.45, 7) is 0.877. The van der Waals surface area contributed by atoms with Crippen molar-refractivity contribution >= 4 is 17.9 Å². The van der Waals surface area contributed by atoms with Gasteiger partial charge in [-0.3, -0.25) is 4.79 Å². The topological polar surface area (TPSA) is 61.3 Å². The second-order valence-electron chi connectivity index (χ2n) is 3.88. The van der Waals surface area contributed by atoms with Crippen molar-refractivity contribution in [2.45, 2.75) is 0 Å². The van der Waals surface area contributed by atoms with Crippen molar-refractivity contribution in [3.05, 3.63) is 41.3 Å². The molecule has 0 amide bonds. The highest BCUT2D eigenvalue weighted by Crippen LogP contribution is 2.31. The highest BCUT2D eigenvalue weighted by Gasteiger charge is 2.14. The van der Waals surface area contributed by atoms with Gasteiger partial charge in [-0.15, -0.1) is 0 Å². The number of aromatic nitrogens is 2. The van der Waals surface area contributed by atoms with Gasteiger partial charge in [0, 0.05) is 12.7 Å². The molecular weight excluding hydrogens is 280 g/mol. The lowest BCUT2D eigenvalue weighted by molar-refractivity contribution is 0.112. The average molecular weight is 293 g/mol. The van der Waals surface area contributed by atoms with Crippen LogP contribution in [0.3, 0.4) is 0 Å². The summed E-state index contributed by atoms with van der Waals surface area (Å²) in [5.41, 5.74) is 1.39. The number of carbonyl (C=O) groups is 1. The molecule has 5 nitrogen and oxygen atoms in total. The summed E-state index contributed by atoms with van der Waals surface area (Å²) in [6.07, 6.45) is 1.96. The lowest BCUT2D eigenvalue weighted by Gasteiger charge is -2.12. The van der Waals surface area contributed by atoms with E-state index in [9.17, 15) is 4.79 Å². The predicted octanol–water partition coefficient (Wildman–Crippen LogP) is 2.63. The van der Waals surface area contributed by atoms with Gasteiger partial charge in [-0.1, -0.05) is 23.7 Å². The Labute approximate surface area is 121 Å². The molecule has 2 rings (SSSR count). The molecule has 0 fully saturated rings. The molecule has 0 radical (unpaired) electrons. The number of ether oxygens (including phenoxy) is 2. The number of hydrogen-bond acceptors (Lipinski definition) is 5. The van der Waals surface area contributed by atoms with Crippen molar-refractivity contribution < 1.29 is 14.3 Å². The summed E-state index contributed by atoms with van der Waals surface area (Å²) in [4.78, 5) is 19.1. The molecule has 1 aromatic carbocycles. The molecule has 1 aromatic heterocycles. The molecule has 2 aromatic rings. The molecule has 0 aliphatic carbocycles. The van der Waals surface area contributed by atoms with Crippen LogP contribution < -0.4 is 4.74 Å². The van der Waals surface area contributed by atoms with Crippen LogP contribution in [0.1, 0.15) is 10.4 Å². The van der Waals surface area contributed by atoms with E-state index in [1.54, 1.807) is 13.2 Å². The van der Waals surface area contributed by atoms with Crippen molar-refractivity contribution in [1.82, 2.24) is 9.97 Å². The van der Waals surface area contributed by atoms with E-state index in [0.29, 0.717) is 36.5 Å². The van der Waals surface area contributed by atoms with Crippen molar-refractivity contribution in [2.75, 3.05) is 20.3 Å². The van der Waals surface area contributed by atoms with E-state index in [2.05, 4.69) is 9.97 Å². The lowest BCUT2D eigenvalue weighted by atomic mass is 10.1. The van der Waals surface area contributed by atoms with Gasteiger partial charge in [-0.2, -0.15) is 0 Å². The van der Waals surface area contributed by atoms with Crippen LogP contribution in [0.25, 0.3) is 11.3 Å². The monoisotopic (exact) mass is 292 g/mol. The number of methoxy groups -OCH3 is 1. The van der Waals surface area contributed by atoms with Gasteiger partial charge < -0.3 is 9.47 Å². The number of halogens is 1. The van der Waals surface area contributed by atoms with Gasteiger partial charge in [0.05, 0.1) is 17.9 Å². The summed E-state index contributed by atoms with van der Waals surface area (Å²) in [7, 11) is 1.60. The summed E-state index contributed by atoms with van der Waals surface area (Å²) < 4.78 is 10.6. The molecular formula is C14H13ClN2O3. The predicted molar refractivity (Wildman–Crippen MR) is 75.2 cm³/mol. The molecule has 6 heteroatoms. The average Bonchev–Trinajstić information content (AvgIpc) is 2.48. The van der Waals surface area contributed by atoms with Crippen LogP contribution in [0.4, 0.5) is 0 Å². The summed E-state index contributed by atoms with van der Waals surface area (Å²) in [5.74, 6) is 0.613. The van der Waals surface area contributed by atoms with E-state index in [-0.39, 0.29) is 10.7 Å². The number of rotatable bonds is 6. The van der Waals surface area contributed by atoms with E-state index < -0.39 is 0 Å². The van der Waals surface area contributed by atoms with Crippen molar-refractivity contribution in [3.63, 3.8) is 0 Å². The molecule has 0 saturated carbocycles. The Morgan fingerprint density at radius 2 is 2.05 bits per heavy atom. The van der Waals surface area contributed by atoms with Crippen molar-refractivity contribution in [2.24, 2.45) is 0 Å². The standard InChI is InChI=1S/C14H13ClN2O3/c1-19-6-7-20-12-5-3-2-4-10(12)13-11(8-18)14(15)17-9-16-13/h2-5,8-9H,6-7H2,1H3. The normalized spacial score (nSPS) is 10.3. The molecule has 0 spiro atoms. The Morgan fingerprint density at radius 3 is 2.80 bits per heavy atom. The maximum atomic E-state index is 11.2. The number of benzene rings is 1. The fraction of sp³-hybridized carbons (Fsp3) is 0.214. The maximum absolute atomic E-state index is 11.2.